The fraction of sp³-hybridized carbons (Fsp3) is 0.600. The second-order valence-electron chi connectivity index (χ2n) is 5.81. The lowest BCUT2D eigenvalue weighted by Gasteiger charge is -2.20. The second-order valence-corrected chi connectivity index (χ2v) is 6.67. The SMILES string of the molecule is CC(N)Cc1ccc(N(C)CC2CC2C)cc1Br. The van der Waals surface area contributed by atoms with Gasteiger partial charge in [0.2, 0.25) is 0 Å². The van der Waals surface area contributed by atoms with Gasteiger partial charge in [0.1, 0.15) is 0 Å². The molecule has 2 nitrogen and oxygen atoms in total. The monoisotopic (exact) mass is 310 g/mol. The number of anilines is 1. The molecule has 0 bridgehead atoms. The summed E-state index contributed by atoms with van der Waals surface area (Å²) in [5.74, 6) is 1.80. The molecule has 18 heavy (non-hydrogen) atoms. The van der Waals surface area contributed by atoms with Gasteiger partial charge in [0, 0.05) is 29.8 Å². The molecule has 100 valence electrons. The minimum absolute atomic E-state index is 0.206. The van der Waals surface area contributed by atoms with Crippen LogP contribution in [0.1, 0.15) is 25.8 Å². The van der Waals surface area contributed by atoms with Crippen molar-refractivity contribution >= 4 is 21.6 Å². The van der Waals surface area contributed by atoms with Gasteiger partial charge in [-0.25, -0.2) is 0 Å². The maximum absolute atomic E-state index is 5.85. The summed E-state index contributed by atoms with van der Waals surface area (Å²) < 4.78 is 1.17. The van der Waals surface area contributed by atoms with Gasteiger partial charge in [0.05, 0.1) is 0 Å². The van der Waals surface area contributed by atoms with E-state index in [1.807, 2.05) is 6.92 Å². The van der Waals surface area contributed by atoms with Crippen molar-refractivity contribution in [3.8, 4) is 0 Å². The minimum Gasteiger partial charge on any atom is -0.374 e. The molecule has 1 fully saturated rings. The van der Waals surface area contributed by atoms with Crippen LogP contribution in [0.3, 0.4) is 0 Å². The first-order chi connectivity index (χ1) is 8.47. The van der Waals surface area contributed by atoms with Crippen molar-refractivity contribution in [1.82, 2.24) is 0 Å². The van der Waals surface area contributed by atoms with Gasteiger partial charge in [-0.15, -0.1) is 0 Å². The highest BCUT2D eigenvalue weighted by Crippen LogP contribution is 2.39. The average molecular weight is 311 g/mol. The van der Waals surface area contributed by atoms with Crippen molar-refractivity contribution in [3.05, 3.63) is 28.2 Å². The largest absolute Gasteiger partial charge is 0.374 e. The van der Waals surface area contributed by atoms with Crippen LogP contribution in [0.5, 0.6) is 0 Å². The lowest BCUT2D eigenvalue weighted by Crippen LogP contribution is -2.21. The van der Waals surface area contributed by atoms with Crippen LogP contribution < -0.4 is 10.6 Å². The van der Waals surface area contributed by atoms with Gasteiger partial charge in [0.25, 0.3) is 0 Å². The fourth-order valence-corrected chi connectivity index (χ4v) is 2.93. The molecular weight excluding hydrogens is 288 g/mol. The van der Waals surface area contributed by atoms with Crippen LogP contribution >= 0.6 is 15.9 Å². The molecule has 1 aromatic carbocycles. The molecule has 2 N–H and O–H groups in total. The minimum atomic E-state index is 0.206. The molecule has 0 saturated heterocycles. The van der Waals surface area contributed by atoms with E-state index in [0.717, 1.165) is 18.3 Å². The zero-order valence-corrected chi connectivity index (χ0v) is 13.1. The van der Waals surface area contributed by atoms with Gasteiger partial charge in [0.15, 0.2) is 0 Å². The Balaban J connectivity index is 2.03. The normalized spacial score (nSPS) is 23.8. The van der Waals surface area contributed by atoms with Crippen molar-refractivity contribution in [3.63, 3.8) is 0 Å². The lowest BCUT2D eigenvalue weighted by molar-refractivity contribution is 0.723. The molecule has 2 rings (SSSR count). The van der Waals surface area contributed by atoms with Crippen molar-refractivity contribution in [2.24, 2.45) is 17.6 Å². The maximum Gasteiger partial charge on any atom is 0.0375 e. The van der Waals surface area contributed by atoms with E-state index in [-0.39, 0.29) is 6.04 Å². The summed E-state index contributed by atoms with van der Waals surface area (Å²) in [6.45, 7) is 5.54. The first-order valence-corrected chi connectivity index (χ1v) is 7.51. The molecule has 1 aromatic rings. The summed E-state index contributed by atoms with van der Waals surface area (Å²) in [4.78, 5) is 2.36. The first kappa shape index (κ1) is 13.9. The molecule has 1 saturated carbocycles. The summed E-state index contributed by atoms with van der Waals surface area (Å²) >= 11 is 3.66. The van der Waals surface area contributed by atoms with Crippen LogP contribution in [0.2, 0.25) is 0 Å². The van der Waals surface area contributed by atoms with Crippen molar-refractivity contribution in [2.75, 3.05) is 18.5 Å². The molecule has 0 amide bonds. The average Bonchev–Trinajstić information content (AvgIpc) is 2.96. The van der Waals surface area contributed by atoms with Gasteiger partial charge < -0.3 is 10.6 Å². The number of nitrogens with zero attached hydrogens (tertiary/aromatic N) is 1. The van der Waals surface area contributed by atoms with Crippen LogP contribution in [-0.2, 0) is 6.42 Å². The molecule has 0 spiro atoms. The summed E-state index contributed by atoms with van der Waals surface area (Å²) in [6, 6.07) is 6.81. The second kappa shape index (κ2) is 5.62. The van der Waals surface area contributed by atoms with E-state index >= 15 is 0 Å². The third-order valence-corrected chi connectivity index (χ3v) is 4.54. The predicted octanol–water partition coefficient (Wildman–Crippen LogP) is 3.43. The van der Waals surface area contributed by atoms with Crippen molar-refractivity contribution in [1.29, 1.82) is 0 Å². The van der Waals surface area contributed by atoms with Crippen LogP contribution in [0.15, 0.2) is 22.7 Å². The summed E-state index contributed by atoms with van der Waals surface area (Å²) in [7, 11) is 2.18. The van der Waals surface area contributed by atoms with E-state index in [0.29, 0.717) is 0 Å². The Labute approximate surface area is 119 Å². The number of rotatable bonds is 5. The highest BCUT2D eigenvalue weighted by atomic mass is 79.9. The Morgan fingerprint density at radius 3 is 2.67 bits per heavy atom. The zero-order chi connectivity index (χ0) is 13.3. The van der Waals surface area contributed by atoms with Gasteiger partial charge in [-0.2, -0.15) is 0 Å². The summed E-state index contributed by atoms with van der Waals surface area (Å²) in [6.07, 6.45) is 2.30. The third-order valence-electron chi connectivity index (χ3n) is 3.80. The van der Waals surface area contributed by atoms with E-state index in [1.54, 1.807) is 0 Å². The van der Waals surface area contributed by atoms with E-state index < -0.39 is 0 Å². The van der Waals surface area contributed by atoms with E-state index in [9.17, 15) is 0 Å². The van der Waals surface area contributed by atoms with Gasteiger partial charge >= 0.3 is 0 Å². The highest BCUT2D eigenvalue weighted by molar-refractivity contribution is 9.10. The molecule has 0 aliphatic heterocycles. The molecule has 3 atom stereocenters. The molecule has 1 aliphatic carbocycles. The fourth-order valence-electron chi connectivity index (χ4n) is 2.40. The quantitative estimate of drug-likeness (QED) is 0.903. The van der Waals surface area contributed by atoms with E-state index in [2.05, 4.69) is 53.0 Å². The van der Waals surface area contributed by atoms with E-state index in [1.165, 1.54) is 28.7 Å². The molecule has 1 aliphatic rings. The van der Waals surface area contributed by atoms with Gasteiger partial charge in [-0.05, 0) is 49.3 Å². The Morgan fingerprint density at radius 2 is 2.17 bits per heavy atom. The van der Waals surface area contributed by atoms with Crippen molar-refractivity contribution in [2.45, 2.75) is 32.7 Å². The standard InChI is InChI=1S/C15H23BrN2/c1-10-6-13(10)9-18(3)14-5-4-12(7-11(2)17)15(16)8-14/h4-5,8,10-11,13H,6-7,9,17H2,1-3H3. The topological polar surface area (TPSA) is 29.3 Å². The molecule has 0 heterocycles. The first-order valence-electron chi connectivity index (χ1n) is 6.72. The van der Waals surface area contributed by atoms with Crippen LogP contribution in [0.25, 0.3) is 0 Å². The Kier molecular flexibility index (Phi) is 4.33. The number of hydrogen-bond donors (Lipinski definition) is 1. The summed E-state index contributed by atoms with van der Waals surface area (Å²) in [5, 5.41) is 0. The van der Waals surface area contributed by atoms with Crippen molar-refractivity contribution < 1.29 is 0 Å². The third kappa shape index (κ3) is 3.48. The Hall–Kier alpha value is -0.540. The number of nitrogens with two attached hydrogens (primary N) is 1. The number of halogens is 1. The molecular formula is C15H23BrN2. The summed E-state index contributed by atoms with van der Waals surface area (Å²) in [5.41, 5.74) is 8.43. The van der Waals surface area contributed by atoms with Crippen LogP contribution in [-0.4, -0.2) is 19.6 Å². The predicted molar refractivity (Wildman–Crippen MR) is 82.0 cm³/mol. The zero-order valence-electron chi connectivity index (χ0n) is 11.5. The van der Waals surface area contributed by atoms with Gasteiger partial charge in [-0.3, -0.25) is 0 Å². The van der Waals surface area contributed by atoms with Gasteiger partial charge in [-0.1, -0.05) is 28.9 Å². The highest BCUT2D eigenvalue weighted by Gasteiger charge is 2.33. The Bertz CT molecular complexity index is 417. The van der Waals surface area contributed by atoms with Crippen LogP contribution in [0, 0.1) is 11.8 Å². The lowest BCUT2D eigenvalue weighted by atomic mass is 10.1. The molecule has 3 unspecified atom stereocenters. The Morgan fingerprint density at radius 1 is 1.50 bits per heavy atom. The molecule has 0 radical (unpaired) electrons. The molecule has 3 heteroatoms. The molecule has 0 aromatic heterocycles. The number of hydrogen-bond acceptors (Lipinski definition) is 2. The van der Waals surface area contributed by atoms with Crippen LogP contribution in [0.4, 0.5) is 5.69 Å². The smallest absolute Gasteiger partial charge is 0.0375 e. The number of benzene rings is 1. The van der Waals surface area contributed by atoms with E-state index in [4.69, 9.17) is 5.73 Å². The maximum atomic E-state index is 5.85.